The quantitative estimate of drug-likeness (QED) is 0.497. The van der Waals surface area contributed by atoms with Gasteiger partial charge in [-0.2, -0.15) is 0 Å². The van der Waals surface area contributed by atoms with E-state index >= 15 is 0 Å². The number of epoxide rings is 1. The van der Waals surface area contributed by atoms with Crippen LogP contribution in [0.3, 0.4) is 0 Å². The van der Waals surface area contributed by atoms with Crippen molar-refractivity contribution < 1.29 is 14.3 Å². The van der Waals surface area contributed by atoms with Crippen molar-refractivity contribution in [3.8, 4) is 0 Å². The Morgan fingerprint density at radius 1 is 1.56 bits per heavy atom. The lowest BCUT2D eigenvalue weighted by atomic mass is 9.81. The van der Waals surface area contributed by atoms with Crippen molar-refractivity contribution in [2.24, 2.45) is 11.3 Å². The lowest BCUT2D eigenvalue weighted by Crippen LogP contribution is -2.30. The first-order chi connectivity index (χ1) is 7.48. The Labute approximate surface area is 98.5 Å². The molecule has 3 nitrogen and oxygen atoms in total. The topological polar surface area (TPSA) is 38.8 Å². The van der Waals surface area contributed by atoms with Crippen LogP contribution in [0.25, 0.3) is 0 Å². The van der Waals surface area contributed by atoms with Gasteiger partial charge in [-0.1, -0.05) is 20.8 Å². The van der Waals surface area contributed by atoms with Gasteiger partial charge in [0.25, 0.3) is 0 Å². The van der Waals surface area contributed by atoms with E-state index in [1.165, 1.54) is 0 Å². The van der Waals surface area contributed by atoms with Crippen LogP contribution < -0.4 is 0 Å². The van der Waals surface area contributed by atoms with Gasteiger partial charge in [0, 0.05) is 0 Å². The Morgan fingerprint density at radius 3 is 2.62 bits per heavy atom. The van der Waals surface area contributed by atoms with Gasteiger partial charge in [0.15, 0.2) is 0 Å². The van der Waals surface area contributed by atoms with E-state index in [0.717, 1.165) is 25.9 Å². The third kappa shape index (κ3) is 4.12. The molecule has 0 amide bonds. The van der Waals surface area contributed by atoms with Crippen LogP contribution >= 0.6 is 0 Å². The standard InChI is InChI=1S/C13H24O3/c1-5-13(4,7-6-10(2)3)12(14)16-9-11-8-15-11/h10-11H,5-9H2,1-4H3/t11-,13+/m1/s1. The summed E-state index contributed by atoms with van der Waals surface area (Å²) >= 11 is 0. The van der Waals surface area contributed by atoms with Gasteiger partial charge in [0.05, 0.1) is 12.0 Å². The molecule has 0 spiro atoms. The third-order valence-corrected chi connectivity index (χ3v) is 3.35. The van der Waals surface area contributed by atoms with E-state index in [2.05, 4.69) is 20.8 Å². The summed E-state index contributed by atoms with van der Waals surface area (Å²) in [6.45, 7) is 9.58. The molecular weight excluding hydrogens is 204 g/mol. The Morgan fingerprint density at radius 2 is 2.19 bits per heavy atom. The Kier molecular flexibility index (Phi) is 4.78. The highest BCUT2D eigenvalue weighted by Gasteiger charge is 2.34. The minimum Gasteiger partial charge on any atom is -0.462 e. The summed E-state index contributed by atoms with van der Waals surface area (Å²) in [6, 6.07) is 0. The fourth-order valence-corrected chi connectivity index (χ4v) is 1.54. The van der Waals surface area contributed by atoms with Gasteiger partial charge < -0.3 is 9.47 Å². The lowest BCUT2D eigenvalue weighted by molar-refractivity contribution is -0.156. The normalized spacial score (nSPS) is 22.9. The minimum absolute atomic E-state index is 0.0637. The fourth-order valence-electron chi connectivity index (χ4n) is 1.54. The van der Waals surface area contributed by atoms with Gasteiger partial charge in [-0.25, -0.2) is 0 Å². The van der Waals surface area contributed by atoms with Gasteiger partial charge in [-0.3, -0.25) is 4.79 Å². The Hall–Kier alpha value is -0.570. The van der Waals surface area contributed by atoms with Crippen molar-refractivity contribution in [3.05, 3.63) is 0 Å². The summed E-state index contributed by atoms with van der Waals surface area (Å²) in [5.74, 6) is 0.566. The molecule has 1 saturated heterocycles. The summed E-state index contributed by atoms with van der Waals surface area (Å²) in [5.41, 5.74) is -0.320. The smallest absolute Gasteiger partial charge is 0.311 e. The second kappa shape index (κ2) is 5.67. The zero-order valence-electron chi connectivity index (χ0n) is 10.9. The average Bonchev–Trinajstić information content (AvgIpc) is 3.06. The van der Waals surface area contributed by atoms with E-state index in [9.17, 15) is 4.79 Å². The van der Waals surface area contributed by atoms with E-state index in [-0.39, 0.29) is 17.5 Å². The van der Waals surface area contributed by atoms with Crippen molar-refractivity contribution >= 4 is 5.97 Å². The van der Waals surface area contributed by atoms with E-state index in [1.807, 2.05) is 6.92 Å². The van der Waals surface area contributed by atoms with Crippen molar-refractivity contribution in [2.75, 3.05) is 13.2 Å². The number of rotatable bonds is 7. The zero-order valence-corrected chi connectivity index (χ0v) is 10.9. The number of carbonyl (C=O) groups is 1. The SMILES string of the molecule is CC[C@@](C)(CCC(C)C)C(=O)OC[C@H]1CO1. The van der Waals surface area contributed by atoms with Crippen LogP contribution in [0.2, 0.25) is 0 Å². The lowest BCUT2D eigenvalue weighted by Gasteiger charge is -2.26. The predicted octanol–water partition coefficient (Wildman–Crippen LogP) is 2.78. The number of ether oxygens (including phenoxy) is 2. The number of hydrogen-bond donors (Lipinski definition) is 0. The largest absolute Gasteiger partial charge is 0.462 e. The molecular formula is C13H24O3. The Bertz CT molecular complexity index is 233. The summed E-state index contributed by atoms with van der Waals surface area (Å²) in [6.07, 6.45) is 2.98. The molecule has 3 heteroatoms. The average molecular weight is 228 g/mol. The van der Waals surface area contributed by atoms with Crippen LogP contribution in [0, 0.1) is 11.3 Å². The molecule has 0 bridgehead atoms. The van der Waals surface area contributed by atoms with Gasteiger partial charge in [-0.15, -0.1) is 0 Å². The number of hydrogen-bond acceptors (Lipinski definition) is 3. The van der Waals surface area contributed by atoms with Gasteiger partial charge in [0.2, 0.25) is 0 Å². The molecule has 94 valence electrons. The maximum atomic E-state index is 12.0. The molecule has 0 aliphatic carbocycles. The summed E-state index contributed by atoms with van der Waals surface area (Å²) < 4.78 is 10.3. The first-order valence-electron chi connectivity index (χ1n) is 6.26. The highest BCUT2D eigenvalue weighted by Crippen LogP contribution is 2.31. The molecule has 1 rings (SSSR count). The molecule has 0 radical (unpaired) electrons. The second-order valence-corrected chi connectivity index (χ2v) is 5.40. The number of esters is 1. The van der Waals surface area contributed by atoms with Crippen LogP contribution in [-0.4, -0.2) is 25.3 Å². The molecule has 1 fully saturated rings. The monoisotopic (exact) mass is 228 g/mol. The summed E-state index contributed by atoms with van der Waals surface area (Å²) in [4.78, 5) is 12.0. The predicted molar refractivity (Wildman–Crippen MR) is 63.2 cm³/mol. The van der Waals surface area contributed by atoms with Crippen molar-refractivity contribution in [1.29, 1.82) is 0 Å². The molecule has 16 heavy (non-hydrogen) atoms. The first-order valence-corrected chi connectivity index (χ1v) is 6.26. The van der Waals surface area contributed by atoms with Crippen LogP contribution in [-0.2, 0) is 14.3 Å². The maximum Gasteiger partial charge on any atom is 0.311 e. The molecule has 2 atom stereocenters. The fraction of sp³-hybridized carbons (Fsp3) is 0.923. The molecule has 1 heterocycles. The molecule has 0 aromatic carbocycles. The van der Waals surface area contributed by atoms with Crippen molar-refractivity contribution in [2.45, 2.75) is 53.1 Å². The third-order valence-electron chi connectivity index (χ3n) is 3.35. The molecule has 0 aromatic rings. The number of carbonyl (C=O) groups excluding carboxylic acids is 1. The maximum absolute atomic E-state index is 12.0. The van der Waals surface area contributed by atoms with E-state index in [4.69, 9.17) is 9.47 Å². The van der Waals surface area contributed by atoms with Crippen LogP contribution in [0.5, 0.6) is 0 Å². The molecule has 0 unspecified atom stereocenters. The van der Waals surface area contributed by atoms with Gasteiger partial charge in [-0.05, 0) is 32.1 Å². The Balaban J connectivity index is 2.37. The van der Waals surface area contributed by atoms with E-state index in [0.29, 0.717) is 12.5 Å². The van der Waals surface area contributed by atoms with Crippen LogP contribution in [0.4, 0.5) is 0 Å². The van der Waals surface area contributed by atoms with Gasteiger partial charge >= 0.3 is 5.97 Å². The van der Waals surface area contributed by atoms with E-state index in [1.54, 1.807) is 0 Å². The van der Waals surface area contributed by atoms with Crippen molar-refractivity contribution in [1.82, 2.24) is 0 Å². The van der Waals surface area contributed by atoms with E-state index < -0.39 is 0 Å². The summed E-state index contributed by atoms with van der Waals surface area (Å²) in [7, 11) is 0. The molecule has 0 aromatic heterocycles. The van der Waals surface area contributed by atoms with Gasteiger partial charge in [0.1, 0.15) is 12.7 Å². The minimum atomic E-state index is -0.320. The molecule has 0 saturated carbocycles. The molecule has 1 aliphatic rings. The highest BCUT2D eigenvalue weighted by molar-refractivity contribution is 5.76. The van der Waals surface area contributed by atoms with Crippen molar-refractivity contribution in [3.63, 3.8) is 0 Å². The molecule has 0 N–H and O–H groups in total. The summed E-state index contributed by atoms with van der Waals surface area (Å²) in [5, 5.41) is 0. The van der Waals surface area contributed by atoms with Crippen LogP contribution in [0.1, 0.15) is 47.0 Å². The first kappa shape index (κ1) is 13.5. The highest BCUT2D eigenvalue weighted by atomic mass is 16.6. The molecule has 1 aliphatic heterocycles. The zero-order chi connectivity index (χ0) is 12.2. The second-order valence-electron chi connectivity index (χ2n) is 5.40. The van der Waals surface area contributed by atoms with Crippen LogP contribution in [0.15, 0.2) is 0 Å².